The molecule has 3 rings (SSSR count). The lowest BCUT2D eigenvalue weighted by Gasteiger charge is -2.22. The van der Waals surface area contributed by atoms with Gasteiger partial charge < -0.3 is 15.3 Å². The molecule has 1 aliphatic heterocycles. The third kappa shape index (κ3) is 3.48. The smallest absolute Gasteiger partial charge is 0.129 e. The van der Waals surface area contributed by atoms with E-state index in [0.717, 1.165) is 24.3 Å². The van der Waals surface area contributed by atoms with Crippen molar-refractivity contribution >= 4 is 17.0 Å². The zero-order valence-electron chi connectivity index (χ0n) is 12.5. The van der Waals surface area contributed by atoms with E-state index in [1.165, 1.54) is 18.9 Å². The minimum Gasteiger partial charge on any atom is -0.387 e. The molecule has 1 aromatic carbocycles. The van der Waals surface area contributed by atoms with Crippen LogP contribution >= 0.6 is 11.3 Å². The highest BCUT2D eigenvalue weighted by molar-refractivity contribution is 7.07. The first-order valence-electron chi connectivity index (χ1n) is 7.69. The Morgan fingerprint density at radius 3 is 2.82 bits per heavy atom. The SMILES string of the molecule is OC(CNCc1c(F)cccc1N1CCCC1)c1ccsc1. The van der Waals surface area contributed by atoms with E-state index in [1.54, 1.807) is 17.4 Å². The predicted octanol–water partition coefficient (Wildman–Crippen LogP) is 3.31. The third-order valence-electron chi connectivity index (χ3n) is 4.11. The molecule has 0 spiro atoms. The van der Waals surface area contributed by atoms with Gasteiger partial charge in [-0.25, -0.2) is 4.39 Å². The molecule has 1 unspecified atom stereocenters. The van der Waals surface area contributed by atoms with Gasteiger partial charge in [0.05, 0.1) is 6.10 Å². The van der Waals surface area contributed by atoms with Gasteiger partial charge in [-0.2, -0.15) is 11.3 Å². The largest absolute Gasteiger partial charge is 0.387 e. The van der Waals surface area contributed by atoms with Crippen molar-refractivity contribution in [3.8, 4) is 0 Å². The maximum Gasteiger partial charge on any atom is 0.129 e. The fraction of sp³-hybridized carbons (Fsp3) is 0.412. The highest BCUT2D eigenvalue weighted by Crippen LogP contribution is 2.26. The molecule has 0 bridgehead atoms. The quantitative estimate of drug-likeness (QED) is 0.857. The van der Waals surface area contributed by atoms with Crippen molar-refractivity contribution in [3.05, 3.63) is 52.0 Å². The lowest BCUT2D eigenvalue weighted by Crippen LogP contribution is -2.25. The topological polar surface area (TPSA) is 35.5 Å². The molecule has 1 saturated heterocycles. The van der Waals surface area contributed by atoms with E-state index in [1.807, 2.05) is 22.9 Å². The summed E-state index contributed by atoms with van der Waals surface area (Å²) in [5.41, 5.74) is 2.59. The number of anilines is 1. The first-order valence-corrected chi connectivity index (χ1v) is 8.63. The van der Waals surface area contributed by atoms with Crippen molar-refractivity contribution in [1.82, 2.24) is 5.32 Å². The molecule has 0 aliphatic carbocycles. The average Bonchev–Trinajstić information content (AvgIpc) is 3.22. The maximum atomic E-state index is 14.2. The summed E-state index contributed by atoms with van der Waals surface area (Å²) >= 11 is 1.57. The van der Waals surface area contributed by atoms with Crippen LogP contribution in [0.15, 0.2) is 35.0 Å². The van der Waals surface area contributed by atoms with Crippen LogP contribution in [-0.2, 0) is 6.54 Å². The van der Waals surface area contributed by atoms with Crippen LogP contribution in [0.5, 0.6) is 0 Å². The van der Waals surface area contributed by atoms with E-state index in [0.29, 0.717) is 18.7 Å². The Morgan fingerprint density at radius 2 is 2.09 bits per heavy atom. The summed E-state index contributed by atoms with van der Waals surface area (Å²) in [6.45, 7) is 2.84. The summed E-state index contributed by atoms with van der Waals surface area (Å²) in [6, 6.07) is 7.18. The minimum atomic E-state index is -0.548. The van der Waals surface area contributed by atoms with Gasteiger partial charge in [-0.3, -0.25) is 0 Å². The molecule has 118 valence electrons. The van der Waals surface area contributed by atoms with E-state index in [9.17, 15) is 9.50 Å². The Bertz CT molecular complexity index is 597. The monoisotopic (exact) mass is 320 g/mol. The number of nitrogens with zero attached hydrogens (tertiary/aromatic N) is 1. The fourth-order valence-corrected chi connectivity index (χ4v) is 3.60. The van der Waals surface area contributed by atoms with Gasteiger partial charge in [-0.15, -0.1) is 0 Å². The molecule has 2 N–H and O–H groups in total. The van der Waals surface area contributed by atoms with E-state index < -0.39 is 6.10 Å². The number of benzene rings is 1. The number of aliphatic hydroxyl groups is 1. The van der Waals surface area contributed by atoms with Crippen LogP contribution in [-0.4, -0.2) is 24.7 Å². The van der Waals surface area contributed by atoms with Gasteiger partial charge in [0.15, 0.2) is 0 Å². The van der Waals surface area contributed by atoms with Gasteiger partial charge in [-0.1, -0.05) is 6.07 Å². The second kappa shape index (κ2) is 7.22. The molecule has 3 nitrogen and oxygen atoms in total. The Hall–Kier alpha value is -1.43. The molecule has 22 heavy (non-hydrogen) atoms. The molecule has 2 heterocycles. The number of rotatable bonds is 6. The number of thiophene rings is 1. The molecule has 1 aromatic heterocycles. The lowest BCUT2D eigenvalue weighted by atomic mass is 10.1. The maximum absolute atomic E-state index is 14.2. The molecule has 0 radical (unpaired) electrons. The molecule has 0 saturated carbocycles. The van der Waals surface area contributed by atoms with E-state index >= 15 is 0 Å². The molecule has 1 fully saturated rings. The average molecular weight is 320 g/mol. The van der Waals surface area contributed by atoms with Crippen molar-refractivity contribution in [2.75, 3.05) is 24.5 Å². The van der Waals surface area contributed by atoms with Gasteiger partial charge >= 0.3 is 0 Å². The summed E-state index contributed by atoms with van der Waals surface area (Å²) in [6.07, 6.45) is 1.79. The van der Waals surface area contributed by atoms with Crippen LogP contribution in [0.3, 0.4) is 0 Å². The van der Waals surface area contributed by atoms with Crippen molar-refractivity contribution in [3.63, 3.8) is 0 Å². The van der Waals surface area contributed by atoms with Gasteiger partial charge in [0.2, 0.25) is 0 Å². The molecular weight excluding hydrogens is 299 g/mol. The number of hydrogen-bond acceptors (Lipinski definition) is 4. The summed E-state index contributed by atoms with van der Waals surface area (Å²) in [4.78, 5) is 2.25. The lowest BCUT2D eigenvalue weighted by molar-refractivity contribution is 0.174. The Kier molecular flexibility index (Phi) is 5.08. The second-order valence-electron chi connectivity index (χ2n) is 5.64. The zero-order valence-corrected chi connectivity index (χ0v) is 13.3. The Morgan fingerprint density at radius 1 is 1.27 bits per heavy atom. The van der Waals surface area contributed by atoms with Crippen LogP contribution in [0, 0.1) is 5.82 Å². The van der Waals surface area contributed by atoms with Gasteiger partial charge in [0.1, 0.15) is 5.82 Å². The molecule has 1 aliphatic rings. The van der Waals surface area contributed by atoms with Crippen molar-refractivity contribution in [1.29, 1.82) is 0 Å². The fourth-order valence-electron chi connectivity index (χ4n) is 2.89. The van der Waals surface area contributed by atoms with E-state index in [2.05, 4.69) is 10.2 Å². The van der Waals surface area contributed by atoms with Crippen LogP contribution in [0.1, 0.15) is 30.1 Å². The van der Waals surface area contributed by atoms with E-state index in [4.69, 9.17) is 0 Å². The van der Waals surface area contributed by atoms with Crippen molar-refractivity contribution in [2.24, 2.45) is 0 Å². The second-order valence-corrected chi connectivity index (χ2v) is 6.42. The number of aliphatic hydroxyl groups excluding tert-OH is 1. The molecular formula is C17H21FN2OS. The highest BCUT2D eigenvalue weighted by Gasteiger charge is 2.18. The highest BCUT2D eigenvalue weighted by atomic mass is 32.1. The molecule has 5 heteroatoms. The van der Waals surface area contributed by atoms with Crippen LogP contribution in [0.25, 0.3) is 0 Å². The number of nitrogens with one attached hydrogen (secondary N) is 1. The summed E-state index contributed by atoms with van der Waals surface area (Å²) in [7, 11) is 0. The Labute approximate surface area is 134 Å². The normalized spacial score (nSPS) is 16.2. The molecule has 1 atom stereocenters. The minimum absolute atomic E-state index is 0.179. The van der Waals surface area contributed by atoms with Crippen molar-refractivity contribution in [2.45, 2.75) is 25.5 Å². The standard InChI is InChI=1S/C17H21FN2OS/c18-15-4-3-5-16(20-7-1-2-8-20)14(15)10-19-11-17(21)13-6-9-22-12-13/h3-6,9,12,17,19,21H,1-2,7-8,10-11H2. The third-order valence-corrected chi connectivity index (χ3v) is 4.81. The summed E-state index contributed by atoms with van der Waals surface area (Å²) in [5.74, 6) is -0.179. The Balaban J connectivity index is 1.64. The first-order chi connectivity index (χ1) is 10.8. The zero-order chi connectivity index (χ0) is 15.4. The van der Waals surface area contributed by atoms with Crippen LogP contribution in [0.2, 0.25) is 0 Å². The first kappa shape index (κ1) is 15.5. The van der Waals surface area contributed by atoms with Gasteiger partial charge in [0, 0.05) is 37.4 Å². The molecule has 2 aromatic rings. The number of halogens is 1. The number of hydrogen-bond donors (Lipinski definition) is 2. The predicted molar refractivity (Wildman–Crippen MR) is 88.8 cm³/mol. The summed E-state index contributed by atoms with van der Waals surface area (Å²) in [5, 5.41) is 17.1. The van der Waals surface area contributed by atoms with Crippen molar-refractivity contribution < 1.29 is 9.50 Å². The summed E-state index contributed by atoms with van der Waals surface area (Å²) < 4.78 is 14.2. The molecule has 0 amide bonds. The van der Waals surface area contributed by atoms with Gasteiger partial charge in [0.25, 0.3) is 0 Å². The van der Waals surface area contributed by atoms with Gasteiger partial charge in [-0.05, 0) is 47.4 Å². The van der Waals surface area contributed by atoms with Crippen LogP contribution in [0.4, 0.5) is 10.1 Å². The van der Waals surface area contributed by atoms with Crippen LogP contribution < -0.4 is 10.2 Å². The van der Waals surface area contributed by atoms with E-state index in [-0.39, 0.29) is 5.82 Å².